The molecule has 1 aliphatic rings. The molecule has 0 aliphatic heterocycles. The molecule has 0 fully saturated rings. The van der Waals surface area contributed by atoms with E-state index in [2.05, 4.69) is 0 Å². The lowest BCUT2D eigenvalue weighted by Gasteiger charge is -2.12. The molecular formula is C11H11F3OS. The Morgan fingerprint density at radius 1 is 1.31 bits per heavy atom. The van der Waals surface area contributed by atoms with E-state index in [0.29, 0.717) is 5.56 Å². The molecule has 1 aromatic rings. The summed E-state index contributed by atoms with van der Waals surface area (Å²) >= 11 is 1.49. The molecule has 0 saturated heterocycles. The molecule has 0 N–H and O–H groups in total. The average molecular weight is 248 g/mol. The third kappa shape index (κ3) is 2.29. The summed E-state index contributed by atoms with van der Waals surface area (Å²) in [5.41, 5.74) is 1.58. The lowest BCUT2D eigenvalue weighted by molar-refractivity contribution is -0.170. The van der Waals surface area contributed by atoms with Crippen LogP contribution in [0.3, 0.4) is 0 Å². The van der Waals surface area contributed by atoms with Crippen molar-refractivity contribution in [3.8, 4) is 0 Å². The Kier molecular flexibility index (Phi) is 3.06. The highest BCUT2D eigenvalue weighted by Gasteiger charge is 2.38. The monoisotopic (exact) mass is 248 g/mol. The molecule has 2 rings (SSSR count). The van der Waals surface area contributed by atoms with Crippen molar-refractivity contribution in [2.24, 2.45) is 0 Å². The van der Waals surface area contributed by atoms with Gasteiger partial charge in [-0.3, -0.25) is 4.79 Å². The molecule has 0 saturated carbocycles. The van der Waals surface area contributed by atoms with E-state index in [-0.39, 0.29) is 0 Å². The maximum absolute atomic E-state index is 12.1. The molecule has 0 bridgehead atoms. The first-order chi connectivity index (χ1) is 7.48. The Morgan fingerprint density at radius 3 is 2.69 bits per heavy atom. The van der Waals surface area contributed by atoms with Gasteiger partial charge in [0.15, 0.2) is 0 Å². The van der Waals surface area contributed by atoms with E-state index < -0.39 is 18.4 Å². The topological polar surface area (TPSA) is 17.1 Å². The van der Waals surface area contributed by atoms with Crippen LogP contribution in [0.15, 0.2) is 5.38 Å². The molecule has 0 radical (unpaired) electrons. The van der Waals surface area contributed by atoms with E-state index in [4.69, 9.17) is 0 Å². The molecule has 0 spiro atoms. The van der Waals surface area contributed by atoms with Crippen molar-refractivity contribution in [1.29, 1.82) is 0 Å². The van der Waals surface area contributed by atoms with E-state index in [1.165, 1.54) is 11.3 Å². The van der Waals surface area contributed by atoms with Gasteiger partial charge >= 0.3 is 6.18 Å². The summed E-state index contributed by atoms with van der Waals surface area (Å²) in [6.45, 7) is 0. The maximum Gasteiger partial charge on any atom is 0.450 e. The summed E-state index contributed by atoms with van der Waals surface area (Å²) < 4.78 is 36.4. The number of alkyl halides is 3. The fourth-order valence-corrected chi connectivity index (χ4v) is 3.13. The van der Waals surface area contributed by atoms with Crippen molar-refractivity contribution in [1.82, 2.24) is 0 Å². The van der Waals surface area contributed by atoms with Crippen molar-refractivity contribution >= 4 is 17.1 Å². The minimum Gasteiger partial charge on any atom is -0.289 e. The van der Waals surface area contributed by atoms with Gasteiger partial charge < -0.3 is 0 Å². The minimum absolute atomic E-state index is 0.491. The standard InChI is InChI=1S/C11H11F3OS/c12-11(13,14)10(15)5-7-6-16-9-4-2-1-3-8(7)9/h6H,1-5H2. The van der Waals surface area contributed by atoms with Gasteiger partial charge in [0.1, 0.15) is 0 Å². The number of carbonyl (C=O) groups excluding carboxylic acids is 1. The predicted molar refractivity (Wildman–Crippen MR) is 55.7 cm³/mol. The number of Topliss-reactive ketones (excluding diaryl/α,β-unsaturated/α-hetero) is 1. The first-order valence-electron chi connectivity index (χ1n) is 5.16. The summed E-state index contributed by atoms with van der Waals surface area (Å²) in [4.78, 5) is 12.1. The Hall–Kier alpha value is -0.840. The van der Waals surface area contributed by atoms with Crippen molar-refractivity contribution in [3.05, 3.63) is 21.4 Å². The van der Waals surface area contributed by atoms with Crippen LogP contribution in [0.4, 0.5) is 13.2 Å². The molecule has 88 valence electrons. The van der Waals surface area contributed by atoms with Crippen LogP contribution in [0.5, 0.6) is 0 Å². The number of aryl methyl sites for hydroxylation is 1. The number of rotatable bonds is 2. The zero-order valence-corrected chi connectivity index (χ0v) is 9.38. The third-order valence-electron chi connectivity index (χ3n) is 2.82. The highest BCUT2D eigenvalue weighted by molar-refractivity contribution is 7.10. The number of carbonyl (C=O) groups is 1. The van der Waals surface area contributed by atoms with E-state index in [0.717, 1.165) is 36.1 Å². The van der Waals surface area contributed by atoms with Crippen LogP contribution in [0.1, 0.15) is 28.8 Å². The maximum atomic E-state index is 12.1. The number of thiophene rings is 1. The summed E-state index contributed by atoms with van der Waals surface area (Å²) in [6.07, 6.45) is -1.32. The van der Waals surface area contributed by atoms with Crippen LogP contribution in [-0.4, -0.2) is 12.0 Å². The van der Waals surface area contributed by atoms with Crippen molar-refractivity contribution in [2.45, 2.75) is 38.3 Å². The Bertz CT molecular complexity index is 406. The van der Waals surface area contributed by atoms with Gasteiger partial charge in [-0.1, -0.05) is 0 Å². The van der Waals surface area contributed by atoms with E-state index in [9.17, 15) is 18.0 Å². The van der Waals surface area contributed by atoms with Gasteiger partial charge in [0.25, 0.3) is 0 Å². The van der Waals surface area contributed by atoms with Gasteiger partial charge in [-0.25, -0.2) is 0 Å². The molecule has 1 nitrogen and oxygen atoms in total. The van der Waals surface area contributed by atoms with Crippen LogP contribution in [0.2, 0.25) is 0 Å². The quantitative estimate of drug-likeness (QED) is 0.784. The molecule has 0 atom stereocenters. The van der Waals surface area contributed by atoms with E-state index >= 15 is 0 Å². The second-order valence-electron chi connectivity index (χ2n) is 3.97. The zero-order chi connectivity index (χ0) is 11.8. The fourth-order valence-electron chi connectivity index (χ4n) is 1.98. The van der Waals surface area contributed by atoms with Gasteiger partial charge in [-0.05, 0) is 42.2 Å². The average Bonchev–Trinajstić information content (AvgIpc) is 2.61. The molecular weight excluding hydrogens is 237 g/mol. The highest BCUT2D eigenvalue weighted by Crippen LogP contribution is 2.31. The van der Waals surface area contributed by atoms with Crippen LogP contribution < -0.4 is 0 Å². The summed E-state index contributed by atoms with van der Waals surface area (Å²) in [5.74, 6) is -1.64. The van der Waals surface area contributed by atoms with Crippen LogP contribution >= 0.6 is 11.3 Å². The summed E-state index contributed by atoms with van der Waals surface area (Å²) in [6, 6.07) is 0. The van der Waals surface area contributed by atoms with E-state index in [1.54, 1.807) is 5.38 Å². The van der Waals surface area contributed by atoms with Gasteiger partial charge in [0.05, 0.1) is 0 Å². The minimum atomic E-state index is -4.70. The Morgan fingerprint density at radius 2 is 2.00 bits per heavy atom. The number of ketones is 1. The largest absolute Gasteiger partial charge is 0.450 e. The third-order valence-corrected chi connectivity index (χ3v) is 3.95. The van der Waals surface area contributed by atoms with Crippen molar-refractivity contribution < 1.29 is 18.0 Å². The smallest absolute Gasteiger partial charge is 0.289 e. The second-order valence-corrected chi connectivity index (χ2v) is 4.93. The lowest BCUT2D eigenvalue weighted by atomic mass is 9.94. The molecule has 5 heteroatoms. The first kappa shape index (κ1) is 11.6. The van der Waals surface area contributed by atoms with Crippen molar-refractivity contribution in [3.63, 3.8) is 0 Å². The molecule has 0 unspecified atom stereocenters. The Labute approximate surface area is 95.3 Å². The number of hydrogen-bond acceptors (Lipinski definition) is 2. The van der Waals surface area contributed by atoms with E-state index in [1.807, 2.05) is 0 Å². The molecule has 1 aromatic heterocycles. The number of hydrogen-bond donors (Lipinski definition) is 0. The van der Waals surface area contributed by atoms with Crippen LogP contribution in [0.25, 0.3) is 0 Å². The fraction of sp³-hybridized carbons (Fsp3) is 0.545. The molecule has 0 amide bonds. The van der Waals surface area contributed by atoms with Gasteiger partial charge in [-0.15, -0.1) is 11.3 Å². The highest BCUT2D eigenvalue weighted by atomic mass is 32.1. The van der Waals surface area contributed by atoms with Crippen molar-refractivity contribution in [2.75, 3.05) is 0 Å². The molecule has 0 aromatic carbocycles. The number of fused-ring (bicyclic) bond motifs is 1. The number of halogens is 3. The van der Waals surface area contributed by atoms with Gasteiger partial charge in [-0.2, -0.15) is 13.2 Å². The Balaban J connectivity index is 2.16. The predicted octanol–water partition coefficient (Wildman–Crippen LogP) is 3.30. The van der Waals surface area contributed by atoms with Gasteiger partial charge in [0.2, 0.25) is 5.78 Å². The zero-order valence-electron chi connectivity index (χ0n) is 8.56. The first-order valence-corrected chi connectivity index (χ1v) is 6.04. The normalized spacial score (nSPS) is 15.9. The lowest BCUT2D eigenvalue weighted by Crippen LogP contribution is -2.24. The van der Waals surface area contributed by atoms with Gasteiger partial charge in [0, 0.05) is 11.3 Å². The molecule has 1 heterocycles. The molecule has 16 heavy (non-hydrogen) atoms. The molecule has 1 aliphatic carbocycles. The van der Waals surface area contributed by atoms with Crippen LogP contribution in [0, 0.1) is 0 Å². The van der Waals surface area contributed by atoms with Crippen LogP contribution in [-0.2, 0) is 24.1 Å². The summed E-state index contributed by atoms with van der Waals surface area (Å²) in [7, 11) is 0. The second kappa shape index (κ2) is 4.20. The summed E-state index contributed by atoms with van der Waals surface area (Å²) in [5, 5.41) is 1.71. The SMILES string of the molecule is O=C(Cc1csc2c1CCCC2)C(F)(F)F.